The second kappa shape index (κ2) is 7.91. The molecule has 0 saturated carbocycles. The molecule has 4 nitrogen and oxygen atoms in total. The fourth-order valence-electron chi connectivity index (χ4n) is 4.23. The Morgan fingerprint density at radius 2 is 1.93 bits per heavy atom. The van der Waals surface area contributed by atoms with Gasteiger partial charge in [-0.05, 0) is 61.7 Å². The summed E-state index contributed by atoms with van der Waals surface area (Å²) in [5, 5.41) is 3.61. The molecule has 2 aromatic rings. The third-order valence-electron chi connectivity index (χ3n) is 5.77. The zero-order chi connectivity index (χ0) is 18.8. The molecule has 1 N–H and O–H groups in total. The van der Waals surface area contributed by atoms with Crippen LogP contribution in [-0.2, 0) is 6.42 Å². The van der Waals surface area contributed by atoms with Crippen LogP contribution in [0.3, 0.4) is 0 Å². The first-order chi connectivity index (χ1) is 13.1. The average Bonchev–Trinajstić information content (AvgIpc) is 3.33. The molecule has 142 valence electrons. The van der Waals surface area contributed by atoms with Gasteiger partial charge in [-0.15, -0.1) is 0 Å². The van der Waals surface area contributed by atoms with Gasteiger partial charge in [0.2, 0.25) is 0 Å². The van der Waals surface area contributed by atoms with Crippen LogP contribution in [0.4, 0.5) is 5.69 Å². The monoisotopic (exact) mass is 383 g/mol. The highest BCUT2D eigenvalue weighted by Gasteiger charge is 2.26. The van der Waals surface area contributed by atoms with Crippen molar-refractivity contribution in [2.75, 3.05) is 38.1 Å². The number of likely N-dealkylation sites (tertiary alicyclic amines) is 1. The van der Waals surface area contributed by atoms with Crippen molar-refractivity contribution >= 4 is 23.2 Å². The Bertz CT molecular complexity index is 832. The summed E-state index contributed by atoms with van der Waals surface area (Å²) in [6.45, 7) is 3.85. The van der Waals surface area contributed by atoms with Crippen molar-refractivity contribution in [3.05, 3.63) is 64.2 Å². The molecule has 0 bridgehead atoms. The molecule has 1 unspecified atom stereocenters. The number of hydrogen-bond donors (Lipinski definition) is 1. The zero-order valence-corrected chi connectivity index (χ0v) is 16.5. The summed E-state index contributed by atoms with van der Waals surface area (Å²) in [7, 11) is 2.15. The van der Waals surface area contributed by atoms with E-state index < -0.39 is 0 Å². The highest BCUT2D eigenvalue weighted by molar-refractivity contribution is 6.33. The molecule has 1 fully saturated rings. The fraction of sp³-hybridized carbons (Fsp3) is 0.409. The lowest BCUT2D eigenvalue weighted by molar-refractivity contribution is 0.0938. The first kappa shape index (κ1) is 18.3. The van der Waals surface area contributed by atoms with Gasteiger partial charge in [0.1, 0.15) is 0 Å². The molecule has 1 amide bonds. The summed E-state index contributed by atoms with van der Waals surface area (Å²) >= 11 is 6.18. The van der Waals surface area contributed by atoms with Crippen LogP contribution in [-0.4, -0.2) is 44.0 Å². The van der Waals surface area contributed by atoms with Crippen LogP contribution >= 0.6 is 11.6 Å². The summed E-state index contributed by atoms with van der Waals surface area (Å²) in [4.78, 5) is 17.4. The van der Waals surface area contributed by atoms with E-state index in [-0.39, 0.29) is 11.9 Å². The van der Waals surface area contributed by atoms with Crippen molar-refractivity contribution in [2.45, 2.75) is 25.3 Å². The van der Waals surface area contributed by atoms with Crippen LogP contribution < -0.4 is 10.2 Å². The van der Waals surface area contributed by atoms with Gasteiger partial charge in [0, 0.05) is 25.8 Å². The lowest BCUT2D eigenvalue weighted by Gasteiger charge is -2.29. The number of nitrogens with zero attached hydrogens (tertiary/aromatic N) is 2. The average molecular weight is 384 g/mol. The molecular formula is C22H26ClN3O. The molecule has 0 aromatic heterocycles. The molecule has 1 atom stereocenters. The lowest BCUT2D eigenvalue weighted by atomic mass is 10.0. The van der Waals surface area contributed by atoms with Crippen molar-refractivity contribution in [3.63, 3.8) is 0 Å². The van der Waals surface area contributed by atoms with Crippen molar-refractivity contribution in [2.24, 2.45) is 0 Å². The SMILES string of the molecule is CN1CCc2cc(C(CNC(=O)c3ccccc3Cl)N3CCCC3)ccc21. The standard InChI is InChI=1S/C22H26ClN3O/c1-25-13-10-17-14-16(8-9-20(17)25)21(26-11-4-5-12-26)15-24-22(27)18-6-2-3-7-19(18)23/h2-3,6-9,14,21H,4-5,10-13,15H2,1H3,(H,24,27). The van der Waals surface area contributed by atoms with E-state index in [0.717, 1.165) is 26.1 Å². The van der Waals surface area contributed by atoms with Crippen molar-refractivity contribution in [1.82, 2.24) is 10.2 Å². The van der Waals surface area contributed by atoms with Gasteiger partial charge in [0.25, 0.3) is 5.91 Å². The highest BCUT2D eigenvalue weighted by Crippen LogP contribution is 2.32. The van der Waals surface area contributed by atoms with Gasteiger partial charge in [-0.25, -0.2) is 0 Å². The van der Waals surface area contributed by atoms with Gasteiger partial charge in [0.05, 0.1) is 16.6 Å². The quantitative estimate of drug-likeness (QED) is 0.850. The van der Waals surface area contributed by atoms with Crippen LogP contribution in [0.1, 0.15) is 40.4 Å². The topological polar surface area (TPSA) is 35.6 Å². The van der Waals surface area contributed by atoms with E-state index in [2.05, 4.69) is 40.4 Å². The largest absolute Gasteiger partial charge is 0.374 e. The maximum Gasteiger partial charge on any atom is 0.252 e. The number of carbonyl (C=O) groups is 1. The first-order valence-electron chi connectivity index (χ1n) is 9.74. The number of amides is 1. The molecule has 27 heavy (non-hydrogen) atoms. The Hall–Kier alpha value is -2.04. The van der Waals surface area contributed by atoms with E-state index in [1.165, 1.54) is 29.7 Å². The van der Waals surface area contributed by atoms with Crippen LogP contribution in [0.2, 0.25) is 5.02 Å². The van der Waals surface area contributed by atoms with E-state index >= 15 is 0 Å². The second-order valence-electron chi connectivity index (χ2n) is 7.51. The third-order valence-corrected chi connectivity index (χ3v) is 6.10. The third kappa shape index (κ3) is 3.83. The van der Waals surface area contributed by atoms with E-state index in [9.17, 15) is 4.79 Å². The summed E-state index contributed by atoms with van der Waals surface area (Å²) in [5.41, 5.74) is 4.58. The van der Waals surface area contributed by atoms with E-state index in [0.29, 0.717) is 17.1 Å². The number of nitrogens with one attached hydrogen (secondary N) is 1. The Morgan fingerprint density at radius 3 is 2.70 bits per heavy atom. The minimum absolute atomic E-state index is 0.106. The predicted molar refractivity (Wildman–Crippen MR) is 111 cm³/mol. The Morgan fingerprint density at radius 1 is 1.15 bits per heavy atom. The Kier molecular flexibility index (Phi) is 5.37. The second-order valence-corrected chi connectivity index (χ2v) is 7.92. The molecule has 5 heteroatoms. The normalized spacial score (nSPS) is 17.8. The number of fused-ring (bicyclic) bond motifs is 1. The lowest BCUT2D eigenvalue weighted by Crippen LogP contribution is -2.37. The molecule has 1 saturated heterocycles. The van der Waals surface area contributed by atoms with E-state index in [4.69, 9.17) is 11.6 Å². The van der Waals surface area contributed by atoms with Gasteiger partial charge in [-0.2, -0.15) is 0 Å². The zero-order valence-electron chi connectivity index (χ0n) is 15.7. The number of likely N-dealkylation sites (N-methyl/N-ethyl adjacent to an activating group) is 1. The number of halogens is 1. The predicted octanol–water partition coefficient (Wildman–Crippen LogP) is 3.90. The minimum atomic E-state index is -0.106. The summed E-state index contributed by atoms with van der Waals surface area (Å²) in [6.07, 6.45) is 3.55. The van der Waals surface area contributed by atoms with E-state index in [1.807, 2.05) is 12.1 Å². The maximum atomic E-state index is 12.6. The van der Waals surface area contributed by atoms with Gasteiger partial charge >= 0.3 is 0 Å². The van der Waals surface area contributed by atoms with Gasteiger partial charge in [-0.3, -0.25) is 9.69 Å². The number of anilines is 1. The van der Waals surface area contributed by atoms with Crippen LogP contribution in [0.15, 0.2) is 42.5 Å². The van der Waals surface area contributed by atoms with Gasteiger partial charge < -0.3 is 10.2 Å². The number of carbonyl (C=O) groups excluding carboxylic acids is 1. The molecule has 2 aliphatic rings. The smallest absolute Gasteiger partial charge is 0.252 e. The molecule has 0 radical (unpaired) electrons. The summed E-state index contributed by atoms with van der Waals surface area (Å²) in [5.74, 6) is -0.106. The summed E-state index contributed by atoms with van der Waals surface area (Å²) < 4.78 is 0. The molecule has 2 heterocycles. The first-order valence-corrected chi connectivity index (χ1v) is 10.1. The van der Waals surface area contributed by atoms with E-state index in [1.54, 1.807) is 12.1 Å². The van der Waals surface area contributed by atoms with Crippen LogP contribution in [0.5, 0.6) is 0 Å². The van der Waals surface area contributed by atoms with Crippen LogP contribution in [0.25, 0.3) is 0 Å². The van der Waals surface area contributed by atoms with Crippen molar-refractivity contribution < 1.29 is 4.79 Å². The number of hydrogen-bond acceptors (Lipinski definition) is 3. The summed E-state index contributed by atoms with van der Waals surface area (Å²) in [6, 6.07) is 14.2. The maximum absolute atomic E-state index is 12.6. The van der Waals surface area contributed by atoms with Crippen molar-refractivity contribution in [3.8, 4) is 0 Å². The molecule has 2 aromatic carbocycles. The molecular weight excluding hydrogens is 358 g/mol. The molecule has 2 aliphatic heterocycles. The molecule has 0 aliphatic carbocycles. The molecule has 0 spiro atoms. The van der Waals surface area contributed by atoms with Gasteiger partial charge in [-0.1, -0.05) is 35.9 Å². The Balaban J connectivity index is 1.53. The highest BCUT2D eigenvalue weighted by atomic mass is 35.5. The van der Waals surface area contributed by atoms with Gasteiger partial charge in [0.15, 0.2) is 0 Å². The van der Waals surface area contributed by atoms with Crippen molar-refractivity contribution in [1.29, 1.82) is 0 Å². The minimum Gasteiger partial charge on any atom is -0.374 e. The number of rotatable bonds is 5. The number of benzene rings is 2. The van der Waals surface area contributed by atoms with Crippen LogP contribution in [0, 0.1) is 0 Å². The fourth-order valence-corrected chi connectivity index (χ4v) is 4.46. The molecule has 4 rings (SSSR count). The Labute approximate surface area is 166 Å².